The van der Waals surface area contributed by atoms with E-state index in [1.807, 2.05) is 42.5 Å². The van der Waals surface area contributed by atoms with Crippen LogP contribution in [-0.2, 0) is 13.0 Å². The molecule has 0 spiro atoms. The first-order valence-electron chi connectivity index (χ1n) is 10.8. The summed E-state index contributed by atoms with van der Waals surface area (Å²) < 4.78 is 7.72. The number of nitrogens with two attached hydrogens (primary N) is 1. The summed E-state index contributed by atoms with van der Waals surface area (Å²) in [6.45, 7) is 2.80. The molecule has 0 aliphatic rings. The van der Waals surface area contributed by atoms with Gasteiger partial charge < -0.3 is 15.0 Å². The number of hydrogen-bond donors (Lipinski definition) is 4. The summed E-state index contributed by atoms with van der Waals surface area (Å²) in [6, 6.07) is 17.9. The number of aryl methyl sites for hydroxylation is 1. The Kier molecular flexibility index (Phi) is 7.86. The Morgan fingerprint density at radius 1 is 1.03 bits per heavy atom. The lowest BCUT2D eigenvalue weighted by Crippen LogP contribution is -2.13. The Hall–Kier alpha value is -4.07. The highest BCUT2D eigenvalue weighted by Crippen LogP contribution is 2.30. The Morgan fingerprint density at radius 2 is 1.73 bits per heavy atom. The third kappa shape index (κ3) is 4.90. The van der Waals surface area contributed by atoms with E-state index in [2.05, 4.69) is 28.6 Å². The van der Waals surface area contributed by atoms with Gasteiger partial charge in [0.1, 0.15) is 22.9 Å². The molecule has 33 heavy (non-hydrogen) atoms. The number of benzene rings is 2. The molecular weight excluding hydrogens is 414 g/mol. The van der Waals surface area contributed by atoms with Crippen LogP contribution in [-0.4, -0.2) is 27.5 Å². The van der Waals surface area contributed by atoms with Crippen LogP contribution in [0.5, 0.6) is 5.75 Å². The molecule has 2 aromatic heterocycles. The number of fused-ring (bicyclic) bond motifs is 1. The number of aromatic nitrogens is 3. The topological polar surface area (TPSA) is 138 Å². The van der Waals surface area contributed by atoms with Gasteiger partial charge in [-0.15, -0.1) is 0 Å². The van der Waals surface area contributed by atoms with Gasteiger partial charge in [0, 0.05) is 24.2 Å². The van der Waals surface area contributed by atoms with Crippen LogP contribution in [0.3, 0.4) is 0 Å². The maximum Gasteiger partial charge on any atom is 0.164 e. The first-order chi connectivity index (χ1) is 16.1. The van der Waals surface area contributed by atoms with Crippen LogP contribution in [0.1, 0.15) is 36.7 Å². The predicted molar refractivity (Wildman–Crippen MR) is 130 cm³/mol. The van der Waals surface area contributed by atoms with Gasteiger partial charge in [-0.25, -0.2) is 21.0 Å². The fraction of sp³-hybridized carbons (Fsp3) is 0.240. The van der Waals surface area contributed by atoms with E-state index in [-0.39, 0.29) is 5.84 Å². The molecule has 0 atom stereocenters. The number of methoxy groups -OCH3 is 1. The molecule has 0 saturated carbocycles. The Labute approximate surface area is 193 Å². The van der Waals surface area contributed by atoms with Crippen molar-refractivity contribution in [1.82, 2.24) is 14.5 Å². The summed E-state index contributed by atoms with van der Waals surface area (Å²) in [5.41, 5.74) is 21.3. The van der Waals surface area contributed by atoms with Crippen LogP contribution >= 0.6 is 0 Å². The molecule has 0 unspecified atom stereocenters. The van der Waals surface area contributed by atoms with E-state index in [4.69, 9.17) is 31.9 Å². The lowest BCUT2D eigenvalue weighted by molar-refractivity contribution is 0.418. The third-order valence-corrected chi connectivity index (χ3v) is 5.50. The molecule has 2 aromatic carbocycles. The van der Waals surface area contributed by atoms with Crippen molar-refractivity contribution >= 4 is 17.0 Å². The summed E-state index contributed by atoms with van der Waals surface area (Å²) >= 11 is 0. The second-order valence-corrected chi connectivity index (χ2v) is 7.52. The molecular formula is C25H29N7O. The van der Waals surface area contributed by atoms with Crippen LogP contribution in [0.2, 0.25) is 0 Å². The average Bonchev–Trinajstić information content (AvgIpc) is 3.21. The van der Waals surface area contributed by atoms with Gasteiger partial charge in [0.25, 0.3) is 0 Å². The molecule has 170 valence electrons. The number of amidine groups is 1. The van der Waals surface area contributed by atoms with Crippen molar-refractivity contribution in [2.45, 2.75) is 32.7 Å². The number of rotatable bonds is 8. The average molecular weight is 444 g/mol. The Bertz CT molecular complexity index is 1250. The highest BCUT2D eigenvalue weighted by molar-refractivity contribution is 6.01. The number of nitrogens with one attached hydrogen (secondary N) is 3. The monoisotopic (exact) mass is 443 g/mol. The summed E-state index contributed by atoms with van der Waals surface area (Å²) in [5.74, 6) is 1.80. The predicted octanol–water partition coefficient (Wildman–Crippen LogP) is 5.38. The van der Waals surface area contributed by atoms with Gasteiger partial charge in [0.15, 0.2) is 5.65 Å². The molecule has 0 aliphatic carbocycles. The quantitative estimate of drug-likeness (QED) is 0.165. The standard InChI is InChI=1S/C25H27N5O.H2N2/c1-3-4-13-22-29-23-21(31-2)14-15-28-25(23)30(22)16-17-9-5-6-10-18(17)19-11-7-8-12-20(19)24(26)27;1-2/h5-12,14-15H,3-4,13,16H2,1-2H3,(H3,26,27);1-2H. The minimum atomic E-state index is 0.0634. The van der Waals surface area contributed by atoms with Crippen molar-refractivity contribution in [3.63, 3.8) is 0 Å². The van der Waals surface area contributed by atoms with Gasteiger partial charge in [0.05, 0.1) is 13.7 Å². The van der Waals surface area contributed by atoms with Crippen molar-refractivity contribution in [2.24, 2.45) is 5.73 Å². The number of nitrogen functional groups attached to an aromatic ring is 1. The molecule has 5 N–H and O–H groups in total. The van der Waals surface area contributed by atoms with Crippen molar-refractivity contribution in [3.8, 4) is 16.9 Å². The van der Waals surface area contributed by atoms with E-state index in [0.29, 0.717) is 6.54 Å². The lowest BCUT2D eigenvalue weighted by Gasteiger charge is -2.15. The number of imidazole rings is 1. The van der Waals surface area contributed by atoms with Gasteiger partial charge in [-0.05, 0) is 23.1 Å². The zero-order valence-corrected chi connectivity index (χ0v) is 18.9. The summed E-state index contributed by atoms with van der Waals surface area (Å²) in [7, 11) is 1.66. The van der Waals surface area contributed by atoms with Gasteiger partial charge in [-0.2, -0.15) is 0 Å². The number of unbranched alkanes of at least 4 members (excludes halogenated alkanes) is 1. The molecule has 8 heteroatoms. The van der Waals surface area contributed by atoms with Crippen LogP contribution in [0, 0.1) is 16.5 Å². The van der Waals surface area contributed by atoms with E-state index in [1.54, 1.807) is 13.3 Å². The van der Waals surface area contributed by atoms with E-state index in [1.165, 1.54) is 0 Å². The maximum atomic E-state index is 7.99. The molecule has 4 aromatic rings. The van der Waals surface area contributed by atoms with Crippen LogP contribution in [0.4, 0.5) is 0 Å². The molecule has 0 aliphatic heterocycles. The van der Waals surface area contributed by atoms with Crippen molar-refractivity contribution in [2.75, 3.05) is 7.11 Å². The summed E-state index contributed by atoms with van der Waals surface area (Å²) in [6.07, 6.45) is 4.79. The third-order valence-electron chi connectivity index (χ3n) is 5.50. The van der Waals surface area contributed by atoms with Crippen molar-refractivity contribution < 1.29 is 4.74 Å². The molecule has 8 nitrogen and oxygen atoms in total. The molecule has 0 bridgehead atoms. The van der Waals surface area contributed by atoms with Gasteiger partial charge >= 0.3 is 0 Å². The minimum absolute atomic E-state index is 0.0634. The smallest absolute Gasteiger partial charge is 0.164 e. The van der Waals surface area contributed by atoms with E-state index in [0.717, 1.165) is 64.3 Å². The molecule has 4 rings (SSSR count). The van der Waals surface area contributed by atoms with Gasteiger partial charge in [0.2, 0.25) is 0 Å². The minimum Gasteiger partial charge on any atom is -0.494 e. The lowest BCUT2D eigenvalue weighted by atomic mass is 9.95. The summed E-state index contributed by atoms with van der Waals surface area (Å²) in [4.78, 5) is 9.52. The molecule has 0 saturated heterocycles. The number of nitrogens with zero attached hydrogens (tertiary/aromatic N) is 3. The number of pyridine rings is 1. The second kappa shape index (κ2) is 11.0. The second-order valence-electron chi connectivity index (χ2n) is 7.52. The van der Waals surface area contributed by atoms with Crippen LogP contribution in [0.25, 0.3) is 22.3 Å². The van der Waals surface area contributed by atoms with Gasteiger partial charge in [-0.3, -0.25) is 5.41 Å². The first-order valence-corrected chi connectivity index (χ1v) is 10.8. The van der Waals surface area contributed by atoms with Gasteiger partial charge in [-0.1, -0.05) is 61.9 Å². The normalized spacial score (nSPS) is 10.5. The van der Waals surface area contributed by atoms with Crippen molar-refractivity contribution in [3.05, 3.63) is 77.7 Å². The fourth-order valence-corrected chi connectivity index (χ4v) is 3.94. The van der Waals surface area contributed by atoms with Crippen LogP contribution in [0.15, 0.2) is 60.8 Å². The van der Waals surface area contributed by atoms with E-state index < -0.39 is 0 Å². The zero-order valence-electron chi connectivity index (χ0n) is 18.9. The maximum absolute atomic E-state index is 7.99. The van der Waals surface area contributed by atoms with E-state index in [9.17, 15) is 0 Å². The number of ether oxygens (including phenoxy) is 1. The Morgan fingerprint density at radius 3 is 2.42 bits per heavy atom. The first kappa shape index (κ1) is 23.6. The highest BCUT2D eigenvalue weighted by atomic mass is 16.5. The van der Waals surface area contributed by atoms with Crippen molar-refractivity contribution in [1.29, 1.82) is 16.5 Å². The van der Waals surface area contributed by atoms with E-state index >= 15 is 0 Å². The number of hydrogen-bond acceptors (Lipinski definition) is 6. The Balaban J connectivity index is 0.00000149. The highest BCUT2D eigenvalue weighted by Gasteiger charge is 2.18. The van der Waals surface area contributed by atoms with Crippen LogP contribution < -0.4 is 10.5 Å². The molecule has 0 fully saturated rings. The largest absolute Gasteiger partial charge is 0.494 e. The molecule has 2 heterocycles. The molecule has 0 radical (unpaired) electrons. The SMILES string of the molecule is CCCCc1nc2c(OC)ccnc2n1Cc1ccccc1-c1ccccc1C(=N)N.N=N. The zero-order chi connectivity index (χ0) is 23.8. The summed E-state index contributed by atoms with van der Waals surface area (Å²) in [5, 5.41) is 7.99. The molecule has 0 amide bonds. The fourth-order valence-electron chi connectivity index (χ4n) is 3.94.